The van der Waals surface area contributed by atoms with Crippen molar-refractivity contribution in [3.05, 3.63) is 91.0 Å². The molecule has 0 fully saturated rings. The zero-order valence-electron chi connectivity index (χ0n) is 25.7. The molecule has 2 atom stereocenters. The Kier molecular flexibility index (Phi) is 16.7. The number of carbonyl (C=O) groups is 5. The molecule has 0 aliphatic rings. The van der Waals surface area contributed by atoms with Crippen molar-refractivity contribution >= 4 is 63.8 Å². The first-order chi connectivity index (χ1) is 21.7. The van der Waals surface area contributed by atoms with Crippen LogP contribution in [0.4, 0.5) is 0 Å². The molecule has 3 rings (SSSR count). The smallest absolute Gasteiger partial charge is 0.325 e. The number of rotatable bonds is 16. The van der Waals surface area contributed by atoms with Gasteiger partial charge in [0.2, 0.25) is 16.9 Å². The molecule has 0 aromatic heterocycles. The van der Waals surface area contributed by atoms with Gasteiger partial charge in [0.25, 0.3) is 0 Å². The monoisotopic (exact) mass is 731 g/mol. The highest BCUT2D eigenvalue weighted by Gasteiger charge is 2.47. The van der Waals surface area contributed by atoms with Crippen LogP contribution in [0.1, 0.15) is 19.8 Å². The minimum Gasteiger partial charge on any atom is -1.00 e. The van der Waals surface area contributed by atoms with Crippen LogP contribution in [0.5, 0.6) is 0 Å². The Hall–Kier alpha value is -3.57. The average Bonchev–Trinajstić information content (AvgIpc) is 3.07. The maximum absolute atomic E-state index is 13.9. The first kappa shape index (κ1) is 38.6. The molecule has 0 aliphatic carbocycles. The van der Waals surface area contributed by atoms with Crippen molar-refractivity contribution in [2.45, 2.75) is 31.8 Å². The molecule has 0 aliphatic heterocycles. The summed E-state index contributed by atoms with van der Waals surface area (Å²) in [6.45, 7) is 1.41. The fourth-order valence-electron chi connectivity index (χ4n) is 4.64. The van der Waals surface area contributed by atoms with Crippen molar-refractivity contribution < 1.29 is 50.4 Å². The van der Waals surface area contributed by atoms with Crippen molar-refractivity contribution in [1.82, 2.24) is 10.6 Å². The van der Waals surface area contributed by atoms with Gasteiger partial charge in [-0.1, -0.05) is 66.4 Å². The molecule has 2 amide bonds. The maximum Gasteiger partial charge on any atom is 0.325 e. The SMILES string of the molecule is CCOC(=O)C(N)CCC(=O)NC(CSC(=O)C[P+](c1ccccc1)(c1ccccc1)c1ccccc1)C(=O)NCC(=O)OC.[Br-]. The fraction of sp³-hybridized carbons (Fsp3) is 0.303. The molecule has 10 nitrogen and oxygen atoms in total. The van der Waals surface area contributed by atoms with Crippen LogP contribution in [0.25, 0.3) is 0 Å². The van der Waals surface area contributed by atoms with E-state index in [-0.39, 0.29) is 53.5 Å². The lowest BCUT2D eigenvalue weighted by Gasteiger charge is -2.27. The van der Waals surface area contributed by atoms with Gasteiger partial charge >= 0.3 is 11.9 Å². The summed E-state index contributed by atoms with van der Waals surface area (Å²) in [7, 11) is -1.27. The quantitative estimate of drug-likeness (QED) is 0.120. The number of amides is 2. The van der Waals surface area contributed by atoms with Gasteiger partial charge in [0, 0.05) is 12.2 Å². The van der Waals surface area contributed by atoms with Gasteiger partial charge in [0.1, 0.15) is 48.0 Å². The number of esters is 2. The Morgan fingerprint density at radius 3 is 1.80 bits per heavy atom. The number of ether oxygens (including phenoxy) is 2. The number of thioether (sulfide) groups is 1. The topological polar surface area (TPSA) is 154 Å². The number of benzene rings is 3. The molecule has 0 bridgehead atoms. The lowest BCUT2D eigenvalue weighted by atomic mass is 10.1. The first-order valence-electron chi connectivity index (χ1n) is 14.5. The predicted octanol–water partition coefficient (Wildman–Crippen LogP) is -1.31. The maximum atomic E-state index is 13.9. The second-order valence-electron chi connectivity index (χ2n) is 9.97. The van der Waals surface area contributed by atoms with Crippen LogP contribution in [-0.4, -0.2) is 73.1 Å². The molecule has 0 spiro atoms. The normalized spacial score (nSPS) is 12.1. The van der Waals surface area contributed by atoms with E-state index in [2.05, 4.69) is 15.4 Å². The number of hydrogen-bond acceptors (Lipinski definition) is 9. The van der Waals surface area contributed by atoms with Crippen LogP contribution in [-0.2, 0) is 33.4 Å². The molecular formula is C33H39BrN3O7PS. The van der Waals surface area contributed by atoms with Gasteiger partial charge in [0.15, 0.2) is 0 Å². The van der Waals surface area contributed by atoms with Crippen LogP contribution in [0.2, 0.25) is 0 Å². The second-order valence-corrected chi connectivity index (χ2v) is 14.5. The largest absolute Gasteiger partial charge is 1.00 e. The van der Waals surface area contributed by atoms with E-state index in [0.717, 1.165) is 27.7 Å². The Morgan fingerprint density at radius 1 is 0.848 bits per heavy atom. The van der Waals surface area contributed by atoms with Gasteiger partial charge in [-0.25, -0.2) is 0 Å². The zero-order valence-corrected chi connectivity index (χ0v) is 29.0. The molecule has 46 heavy (non-hydrogen) atoms. The van der Waals surface area contributed by atoms with Gasteiger partial charge in [-0.3, -0.25) is 24.0 Å². The second kappa shape index (κ2) is 19.8. The number of nitrogens with one attached hydrogen (secondary N) is 2. The third kappa shape index (κ3) is 11.0. The van der Waals surface area contributed by atoms with Crippen LogP contribution < -0.4 is 49.3 Å². The van der Waals surface area contributed by atoms with Crippen LogP contribution in [0.3, 0.4) is 0 Å². The highest BCUT2D eigenvalue weighted by molar-refractivity contribution is 8.15. The lowest BCUT2D eigenvalue weighted by molar-refractivity contribution is -0.145. The van der Waals surface area contributed by atoms with Crippen LogP contribution >= 0.6 is 19.0 Å². The number of methoxy groups -OCH3 is 1. The number of nitrogens with two attached hydrogens (primary N) is 1. The summed E-state index contributed by atoms with van der Waals surface area (Å²) in [5.74, 6) is -2.57. The third-order valence-electron chi connectivity index (χ3n) is 6.93. The lowest BCUT2D eigenvalue weighted by Crippen LogP contribution is -3.00. The van der Waals surface area contributed by atoms with Gasteiger partial charge in [0.05, 0.1) is 13.7 Å². The molecule has 0 saturated carbocycles. The molecule has 3 aromatic carbocycles. The van der Waals surface area contributed by atoms with Crippen molar-refractivity contribution in [2.24, 2.45) is 5.73 Å². The molecule has 0 radical (unpaired) electrons. The van der Waals surface area contributed by atoms with E-state index >= 15 is 0 Å². The van der Waals surface area contributed by atoms with E-state index in [0.29, 0.717) is 0 Å². The van der Waals surface area contributed by atoms with E-state index in [1.807, 2.05) is 91.0 Å². The van der Waals surface area contributed by atoms with E-state index in [9.17, 15) is 24.0 Å². The summed E-state index contributed by atoms with van der Waals surface area (Å²) in [6.07, 6.45) is 0.0318. The molecular weight excluding hydrogens is 693 g/mol. The summed E-state index contributed by atoms with van der Waals surface area (Å²) in [5, 5.41) is 8.02. The van der Waals surface area contributed by atoms with Gasteiger partial charge < -0.3 is 42.8 Å². The van der Waals surface area contributed by atoms with Gasteiger partial charge in [-0.2, -0.15) is 0 Å². The number of hydrogen-bond donors (Lipinski definition) is 3. The zero-order chi connectivity index (χ0) is 32.7. The average molecular weight is 733 g/mol. The highest BCUT2D eigenvalue weighted by Crippen LogP contribution is 2.55. The highest BCUT2D eigenvalue weighted by atomic mass is 79.9. The Balaban J connectivity index is 0.00000736. The van der Waals surface area contributed by atoms with Crippen LogP contribution in [0, 0.1) is 0 Å². The number of carbonyl (C=O) groups excluding carboxylic acids is 5. The van der Waals surface area contributed by atoms with Crippen molar-refractivity contribution in [1.29, 1.82) is 0 Å². The number of halogens is 1. The summed E-state index contributed by atoms with van der Waals surface area (Å²) in [4.78, 5) is 63.2. The molecule has 4 N–H and O–H groups in total. The molecule has 246 valence electrons. The van der Waals surface area contributed by atoms with Crippen molar-refractivity contribution in [3.63, 3.8) is 0 Å². The Labute approximate surface area is 284 Å². The summed E-state index contributed by atoms with van der Waals surface area (Å²) < 4.78 is 9.47. The minimum atomic E-state index is -2.46. The third-order valence-corrected chi connectivity index (χ3v) is 12.4. The molecule has 0 heterocycles. The van der Waals surface area contributed by atoms with E-state index in [1.54, 1.807) is 6.92 Å². The molecule has 13 heteroatoms. The van der Waals surface area contributed by atoms with Crippen LogP contribution in [0.15, 0.2) is 91.0 Å². The predicted molar refractivity (Wildman–Crippen MR) is 178 cm³/mol. The fourth-order valence-corrected chi connectivity index (χ4v) is 10.0. The van der Waals surface area contributed by atoms with Crippen molar-refractivity contribution in [3.8, 4) is 0 Å². The Bertz CT molecular complexity index is 1340. The van der Waals surface area contributed by atoms with Gasteiger partial charge in [-0.05, 0) is 49.7 Å². The standard InChI is InChI=1S/C33H38N3O7PS.BrH/c1-3-43-33(41)27(34)19-20-29(37)36-28(32(40)35-21-30(38)42-2)23-45-31(39)22-44(24-13-7-4-8-14-24,25-15-9-5-10-16-25)26-17-11-6-12-18-26;/h4-18,27-28H,3,19-23,34H2,1-2H3,(H-,35,36,37,40);1H. The van der Waals surface area contributed by atoms with Crippen molar-refractivity contribution in [2.75, 3.05) is 32.2 Å². The summed E-state index contributed by atoms with van der Waals surface area (Å²) in [5.41, 5.74) is 5.81. The first-order valence-corrected chi connectivity index (χ1v) is 17.4. The molecule has 2 unspecified atom stereocenters. The minimum absolute atomic E-state index is 0. The molecule has 0 saturated heterocycles. The van der Waals surface area contributed by atoms with E-state index < -0.39 is 49.6 Å². The molecule has 3 aromatic rings. The summed E-state index contributed by atoms with van der Waals surface area (Å²) in [6, 6.07) is 27.6. The summed E-state index contributed by atoms with van der Waals surface area (Å²) >= 11 is 0.940. The Morgan fingerprint density at radius 2 is 1.35 bits per heavy atom. The van der Waals surface area contributed by atoms with E-state index in [1.165, 1.54) is 7.11 Å². The van der Waals surface area contributed by atoms with E-state index in [4.69, 9.17) is 10.5 Å². The van der Waals surface area contributed by atoms with Gasteiger partial charge in [-0.15, -0.1) is 0 Å².